The van der Waals surface area contributed by atoms with Crippen molar-refractivity contribution in [2.75, 3.05) is 5.32 Å². The number of para-hydroxylation sites is 1. The molecule has 96 valence electrons. The van der Waals surface area contributed by atoms with E-state index in [1.165, 1.54) is 4.70 Å². The average Bonchev–Trinajstić information content (AvgIpc) is 2.88. The summed E-state index contributed by atoms with van der Waals surface area (Å²) in [6.07, 6.45) is 0. The van der Waals surface area contributed by atoms with Gasteiger partial charge in [-0.25, -0.2) is 4.98 Å². The van der Waals surface area contributed by atoms with Gasteiger partial charge in [0.2, 0.25) is 0 Å². The lowest BCUT2D eigenvalue weighted by atomic mass is 10.1. The van der Waals surface area contributed by atoms with Gasteiger partial charge in [0.1, 0.15) is 0 Å². The van der Waals surface area contributed by atoms with Gasteiger partial charge < -0.3 is 10.4 Å². The zero-order chi connectivity index (χ0) is 13.1. The molecule has 0 aliphatic rings. The molecule has 0 unspecified atom stereocenters. The van der Waals surface area contributed by atoms with Crippen LogP contribution in [0.1, 0.15) is 11.1 Å². The number of aliphatic hydroxyl groups is 1. The Hall–Kier alpha value is -1.91. The van der Waals surface area contributed by atoms with Crippen LogP contribution < -0.4 is 5.32 Å². The first-order valence-corrected chi connectivity index (χ1v) is 6.95. The summed E-state index contributed by atoms with van der Waals surface area (Å²) in [7, 11) is 0. The third-order valence-corrected chi connectivity index (χ3v) is 4.01. The molecule has 0 bridgehead atoms. The van der Waals surface area contributed by atoms with E-state index in [0.717, 1.165) is 21.8 Å². The minimum atomic E-state index is 0.0672. The van der Waals surface area contributed by atoms with Crippen LogP contribution in [0.2, 0.25) is 0 Å². The average molecular weight is 270 g/mol. The van der Waals surface area contributed by atoms with Gasteiger partial charge in [0.05, 0.1) is 16.8 Å². The van der Waals surface area contributed by atoms with E-state index < -0.39 is 0 Å². The van der Waals surface area contributed by atoms with Crippen molar-refractivity contribution in [3.8, 4) is 0 Å². The fourth-order valence-electron chi connectivity index (χ4n) is 2.00. The smallest absolute Gasteiger partial charge is 0.184 e. The zero-order valence-corrected chi connectivity index (χ0v) is 11.2. The van der Waals surface area contributed by atoms with E-state index in [-0.39, 0.29) is 6.61 Å². The lowest BCUT2D eigenvalue weighted by Gasteiger charge is -2.07. The number of aromatic nitrogens is 1. The van der Waals surface area contributed by atoms with E-state index in [0.29, 0.717) is 6.54 Å². The Morgan fingerprint density at radius 1 is 1.00 bits per heavy atom. The molecule has 1 heterocycles. The van der Waals surface area contributed by atoms with Crippen LogP contribution in [0.15, 0.2) is 48.5 Å². The molecule has 0 saturated heterocycles. The molecule has 2 aromatic carbocycles. The van der Waals surface area contributed by atoms with Gasteiger partial charge in [-0.05, 0) is 23.3 Å². The van der Waals surface area contributed by atoms with Crippen LogP contribution in [-0.2, 0) is 13.2 Å². The Balaban J connectivity index is 1.78. The summed E-state index contributed by atoms with van der Waals surface area (Å²) in [4.78, 5) is 4.53. The van der Waals surface area contributed by atoms with Gasteiger partial charge in [-0.3, -0.25) is 0 Å². The van der Waals surface area contributed by atoms with Crippen molar-refractivity contribution >= 4 is 26.7 Å². The summed E-state index contributed by atoms with van der Waals surface area (Å²) in [6.45, 7) is 0.744. The fraction of sp³-hybridized carbons (Fsp3) is 0.133. The fourth-order valence-corrected chi connectivity index (χ4v) is 2.86. The molecule has 0 spiro atoms. The van der Waals surface area contributed by atoms with Crippen molar-refractivity contribution in [1.82, 2.24) is 4.98 Å². The Bertz CT molecular complexity index is 660. The van der Waals surface area contributed by atoms with Crippen LogP contribution in [0.25, 0.3) is 10.2 Å². The van der Waals surface area contributed by atoms with Gasteiger partial charge in [0, 0.05) is 6.54 Å². The van der Waals surface area contributed by atoms with Gasteiger partial charge in [0.15, 0.2) is 5.13 Å². The second-order valence-electron chi connectivity index (χ2n) is 4.27. The van der Waals surface area contributed by atoms with E-state index in [1.807, 2.05) is 42.5 Å². The van der Waals surface area contributed by atoms with Gasteiger partial charge >= 0.3 is 0 Å². The molecule has 0 amide bonds. The number of hydrogen-bond donors (Lipinski definition) is 2. The molecule has 2 N–H and O–H groups in total. The maximum atomic E-state index is 9.29. The molecule has 1 aromatic heterocycles. The maximum absolute atomic E-state index is 9.29. The van der Waals surface area contributed by atoms with E-state index in [4.69, 9.17) is 0 Å². The number of rotatable bonds is 4. The highest BCUT2D eigenvalue weighted by atomic mass is 32.1. The molecule has 0 aliphatic heterocycles. The Morgan fingerprint density at radius 2 is 1.74 bits per heavy atom. The molecule has 3 rings (SSSR count). The predicted octanol–water partition coefficient (Wildman–Crippen LogP) is 3.40. The second-order valence-corrected chi connectivity index (χ2v) is 5.30. The first-order valence-electron chi connectivity index (χ1n) is 6.14. The summed E-state index contributed by atoms with van der Waals surface area (Å²) < 4.78 is 1.18. The van der Waals surface area contributed by atoms with Gasteiger partial charge in [-0.1, -0.05) is 47.7 Å². The number of thiazole rings is 1. The molecule has 19 heavy (non-hydrogen) atoms. The quantitative estimate of drug-likeness (QED) is 0.763. The number of nitrogens with one attached hydrogen (secondary N) is 1. The van der Waals surface area contributed by atoms with Crippen LogP contribution in [-0.4, -0.2) is 10.1 Å². The van der Waals surface area contributed by atoms with Gasteiger partial charge in [0.25, 0.3) is 0 Å². The van der Waals surface area contributed by atoms with E-state index >= 15 is 0 Å². The van der Waals surface area contributed by atoms with E-state index in [9.17, 15) is 5.11 Å². The van der Waals surface area contributed by atoms with Crippen molar-refractivity contribution in [2.24, 2.45) is 0 Å². The van der Waals surface area contributed by atoms with Crippen LogP contribution in [0.5, 0.6) is 0 Å². The first-order chi connectivity index (χ1) is 9.36. The number of nitrogens with zero attached hydrogens (tertiary/aromatic N) is 1. The number of anilines is 1. The summed E-state index contributed by atoms with van der Waals surface area (Å²) in [6, 6.07) is 16.0. The van der Waals surface area contributed by atoms with Crippen molar-refractivity contribution in [3.05, 3.63) is 59.7 Å². The number of fused-ring (bicyclic) bond motifs is 1. The SMILES string of the molecule is OCc1ccccc1CNc1nc2ccccc2s1. The highest BCUT2D eigenvalue weighted by Crippen LogP contribution is 2.25. The normalized spacial score (nSPS) is 10.8. The molecule has 3 aromatic rings. The third kappa shape index (κ3) is 2.59. The molecule has 0 radical (unpaired) electrons. The van der Waals surface area contributed by atoms with Crippen molar-refractivity contribution < 1.29 is 5.11 Å². The lowest BCUT2D eigenvalue weighted by molar-refractivity contribution is 0.280. The van der Waals surface area contributed by atoms with Crippen LogP contribution >= 0.6 is 11.3 Å². The van der Waals surface area contributed by atoms with E-state index in [2.05, 4.69) is 16.4 Å². The minimum Gasteiger partial charge on any atom is -0.392 e. The molecule has 3 nitrogen and oxygen atoms in total. The van der Waals surface area contributed by atoms with Crippen LogP contribution in [0.4, 0.5) is 5.13 Å². The predicted molar refractivity (Wildman–Crippen MR) is 79.3 cm³/mol. The third-order valence-electron chi connectivity index (χ3n) is 3.01. The second kappa shape index (κ2) is 5.38. The molecule has 0 atom stereocenters. The lowest BCUT2D eigenvalue weighted by Crippen LogP contribution is -2.02. The molecule has 0 aliphatic carbocycles. The minimum absolute atomic E-state index is 0.0672. The van der Waals surface area contributed by atoms with Crippen LogP contribution in [0, 0.1) is 0 Å². The standard InChI is InChI=1S/C15H14N2OS/c18-10-12-6-2-1-5-11(12)9-16-15-17-13-7-3-4-8-14(13)19-15/h1-8,18H,9-10H2,(H,16,17). The monoisotopic (exact) mass is 270 g/mol. The Kier molecular flexibility index (Phi) is 3.44. The Labute approximate surface area is 115 Å². The summed E-state index contributed by atoms with van der Waals surface area (Å²) in [5, 5.41) is 13.5. The summed E-state index contributed by atoms with van der Waals surface area (Å²) >= 11 is 1.65. The summed E-state index contributed by atoms with van der Waals surface area (Å²) in [5.74, 6) is 0. The first kappa shape index (κ1) is 12.1. The summed E-state index contributed by atoms with van der Waals surface area (Å²) in [5.41, 5.74) is 3.07. The molecular formula is C15H14N2OS. The van der Waals surface area contributed by atoms with Gasteiger partial charge in [-0.2, -0.15) is 0 Å². The largest absolute Gasteiger partial charge is 0.392 e. The van der Waals surface area contributed by atoms with Gasteiger partial charge in [-0.15, -0.1) is 0 Å². The highest BCUT2D eigenvalue weighted by Gasteiger charge is 2.04. The maximum Gasteiger partial charge on any atom is 0.184 e. The van der Waals surface area contributed by atoms with Crippen molar-refractivity contribution in [2.45, 2.75) is 13.2 Å². The molecule has 0 saturated carbocycles. The molecular weight excluding hydrogens is 256 g/mol. The van der Waals surface area contributed by atoms with Crippen molar-refractivity contribution in [3.63, 3.8) is 0 Å². The number of hydrogen-bond acceptors (Lipinski definition) is 4. The molecule has 4 heteroatoms. The van der Waals surface area contributed by atoms with E-state index in [1.54, 1.807) is 11.3 Å². The number of benzene rings is 2. The van der Waals surface area contributed by atoms with Crippen LogP contribution in [0.3, 0.4) is 0 Å². The zero-order valence-electron chi connectivity index (χ0n) is 10.3. The van der Waals surface area contributed by atoms with Crippen molar-refractivity contribution in [1.29, 1.82) is 0 Å². The topological polar surface area (TPSA) is 45.1 Å². The Morgan fingerprint density at radius 3 is 2.53 bits per heavy atom. The highest BCUT2D eigenvalue weighted by molar-refractivity contribution is 7.22. The number of aliphatic hydroxyl groups excluding tert-OH is 1. The molecule has 0 fully saturated rings.